The van der Waals surface area contributed by atoms with E-state index in [-0.39, 0.29) is 12.8 Å². The molecule has 0 N–H and O–H groups in total. The number of carbonyl (C=O) groups is 1. The van der Waals surface area contributed by atoms with E-state index in [1.807, 2.05) is 37.3 Å². The lowest BCUT2D eigenvalue weighted by atomic mass is 9.98. The molecule has 29 heavy (non-hydrogen) atoms. The minimum absolute atomic E-state index is 0.0816. The number of benzene rings is 2. The Hall–Kier alpha value is -3.53. The molecule has 0 atom stereocenters. The van der Waals surface area contributed by atoms with E-state index in [2.05, 4.69) is 13.2 Å². The Labute approximate surface area is 171 Å². The summed E-state index contributed by atoms with van der Waals surface area (Å²) in [7, 11) is 0. The van der Waals surface area contributed by atoms with Crippen LogP contribution in [0.4, 0.5) is 0 Å². The van der Waals surface area contributed by atoms with Gasteiger partial charge in [0.25, 0.3) is 0 Å². The fraction of sp³-hybridized carbons (Fsp3) is 0.160. The van der Waals surface area contributed by atoms with Crippen LogP contribution in [0.5, 0.6) is 17.2 Å². The molecule has 0 aliphatic heterocycles. The van der Waals surface area contributed by atoms with Crippen LogP contribution < -0.4 is 14.2 Å². The lowest BCUT2D eigenvalue weighted by molar-refractivity contribution is -0.130. The second-order valence-electron chi connectivity index (χ2n) is 6.63. The Morgan fingerprint density at radius 1 is 0.966 bits per heavy atom. The van der Waals surface area contributed by atoms with Crippen LogP contribution in [-0.2, 0) is 4.79 Å². The highest BCUT2D eigenvalue weighted by molar-refractivity contribution is 5.91. The number of esters is 1. The third-order valence-electron chi connectivity index (χ3n) is 4.62. The van der Waals surface area contributed by atoms with Crippen molar-refractivity contribution in [2.24, 2.45) is 0 Å². The molecule has 4 heteroatoms. The van der Waals surface area contributed by atoms with Crippen LogP contribution >= 0.6 is 0 Å². The summed E-state index contributed by atoms with van der Waals surface area (Å²) in [5.41, 5.74) is 3.66. The van der Waals surface area contributed by atoms with Crippen molar-refractivity contribution >= 4 is 12.0 Å². The SMILES string of the molecule is C=CC1=CC=C(C(=O)Oc2ccc(OCOc3ccc(C=C)cc3)c(C)c2)CC1. The Morgan fingerprint density at radius 2 is 1.72 bits per heavy atom. The van der Waals surface area contributed by atoms with Crippen molar-refractivity contribution in [1.29, 1.82) is 0 Å². The van der Waals surface area contributed by atoms with E-state index in [9.17, 15) is 4.79 Å². The first-order chi connectivity index (χ1) is 14.1. The Morgan fingerprint density at radius 3 is 2.34 bits per heavy atom. The van der Waals surface area contributed by atoms with Gasteiger partial charge in [-0.3, -0.25) is 0 Å². The summed E-state index contributed by atoms with van der Waals surface area (Å²) in [6.07, 6.45) is 8.74. The summed E-state index contributed by atoms with van der Waals surface area (Å²) in [6, 6.07) is 12.8. The molecule has 2 aromatic rings. The van der Waals surface area contributed by atoms with Gasteiger partial charge in [-0.1, -0.05) is 49.6 Å². The summed E-state index contributed by atoms with van der Waals surface area (Å²) in [5.74, 6) is 1.54. The molecule has 0 bridgehead atoms. The van der Waals surface area contributed by atoms with Crippen LogP contribution in [-0.4, -0.2) is 12.8 Å². The zero-order chi connectivity index (χ0) is 20.6. The van der Waals surface area contributed by atoms with Gasteiger partial charge in [0.2, 0.25) is 6.79 Å². The maximum absolute atomic E-state index is 12.3. The van der Waals surface area contributed by atoms with E-state index < -0.39 is 0 Å². The number of aryl methyl sites for hydroxylation is 1. The number of ether oxygens (including phenoxy) is 3. The second-order valence-corrected chi connectivity index (χ2v) is 6.63. The third kappa shape index (κ3) is 5.48. The molecular weight excluding hydrogens is 364 g/mol. The highest BCUT2D eigenvalue weighted by Crippen LogP contribution is 2.26. The molecule has 0 unspecified atom stereocenters. The number of allylic oxidation sites excluding steroid dienone is 4. The van der Waals surface area contributed by atoms with Crippen molar-refractivity contribution < 1.29 is 19.0 Å². The first-order valence-corrected chi connectivity index (χ1v) is 9.42. The normalized spacial score (nSPS) is 13.0. The Kier molecular flexibility index (Phi) is 6.69. The first kappa shape index (κ1) is 20.2. The van der Waals surface area contributed by atoms with E-state index in [4.69, 9.17) is 14.2 Å². The van der Waals surface area contributed by atoms with E-state index in [1.165, 1.54) is 0 Å². The van der Waals surface area contributed by atoms with Crippen molar-refractivity contribution in [3.05, 3.63) is 96.1 Å². The van der Waals surface area contributed by atoms with Gasteiger partial charge in [0, 0.05) is 5.57 Å². The number of rotatable bonds is 8. The third-order valence-corrected chi connectivity index (χ3v) is 4.62. The highest BCUT2D eigenvalue weighted by atomic mass is 16.7. The fourth-order valence-electron chi connectivity index (χ4n) is 2.87. The van der Waals surface area contributed by atoms with E-state index in [0.29, 0.717) is 29.2 Å². The van der Waals surface area contributed by atoms with Crippen LogP contribution in [0.1, 0.15) is 24.0 Å². The van der Waals surface area contributed by atoms with Crippen LogP contribution in [0.15, 0.2) is 85.0 Å². The molecule has 0 saturated heterocycles. The van der Waals surface area contributed by atoms with Gasteiger partial charge in [-0.05, 0) is 66.8 Å². The summed E-state index contributed by atoms with van der Waals surface area (Å²) in [6.45, 7) is 9.45. The van der Waals surface area contributed by atoms with Gasteiger partial charge in [0.1, 0.15) is 17.2 Å². The fourth-order valence-corrected chi connectivity index (χ4v) is 2.87. The summed E-state index contributed by atoms with van der Waals surface area (Å²) >= 11 is 0. The van der Waals surface area contributed by atoms with Gasteiger partial charge in [-0.2, -0.15) is 0 Å². The summed E-state index contributed by atoms with van der Waals surface area (Å²) in [5, 5.41) is 0. The maximum atomic E-state index is 12.3. The van der Waals surface area contributed by atoms with Crippen LogP contribution in [0.25, 0.3) is 6.08 Å². The lowest BCUT2D eigenvalue weighted by Gasteiger charge is -2.14. The zero-order valence-electron chi connectivity index (χ0n) is 16.5. The quantitative estimate of drug-likeness (QED) is 0.326. The van der Waals surface area contributed by atoms with E-state index >= 15 is 0 Å². The lowest BCUT2D eigenvalue weighted by Crippen LogP contribution is -2.13. The minimum Gasteiger partial charge on any atom is -0.458 e. The van der Waals surface area contributed by atoms with Crippen molar-refractivity contribution in [2.45, 2.75) is 19.8 Å². The smallest absolute Gasteiger partial charge is 0.339 e. The molecule has 148 valence electrons. The van der Waals surface area contributed by atoms with E-state index in [1.54, 1.807) is 36.4 Å². The van der Waals surface area contributed by atoms with Crippen molar-refractivity contribution in [1.82, 2.24) is 0 Å². The molecule has 2 aromatic carbocycles. The van der Waals surface area contributed by atoms with Crippen molar-refractivity contribution in [3.63, 3.8) is 0 Å². The molecule has 0 amide bonds. The Balaban J connectivity index is 1.54. The zero-order valence-corrected chi connectivity index (χ0v) is 16.5. The number of carbonyl (C=O) groups excluding carboxylic acids is 1. The molecule has 0 radical (unpaired) electrons. The molecule has 0 aromatic heterocycles. The Bertz CT molecular complexity index is 965. The monoisotopic (exact) mass is 388 g/mol. The predicted molar refractivity (Wildman–Crippen MR) is 115 cm³/mol. The van der Waals surface area contributed by atoms with Gasteiger partial charge < -0.3 is 14.2 Å². The van der Waals surface area contributed by atoms with Crippen LogP contribution in [0.2, 0.25) is 0 Å². The van der Waals surface area contributed by atoms with Gasteiger partial charge in [-0.25, -0.2) is 4.79 Å². The minimum atomic E-state index is -0.330. The first-order valence-electron chi connectivity index (χ1n) is 9.42. The standard InChI is InChI=1S/C25H24O4/c1-4-19-6-10-21(11-7-19)25(26)29-23-14-15-24(18(3)16-23)28-17-27-22-12-8-20(5-2)9-13-22/h4-6,8-10,12-16H,1-2,7,11,17H2,3H3. The van der Waals surface area contributed by atoms with Crippen LogP contribution in [0, 0.1) is 6.92 Å². The average Bonchev–Trinajstić information content (AvgIpc) is 2.75. The van der Waals surface area contributed by atoms with Gasteiger partial charge in [-0.15, -0.1) is 0 Å². The number of hydrogen-bond donors (Lipinski definition) is 0. The predicted octanol–water partition coefficient (Wildman–Crippen LogP) is 5.79. The molecular formula is C25H24O4. The molecule has 1 aliphatic rings. The highest BCUT2D eigenvalue weighted by Gasteiger charge is 2.15. The van der Waals surface area contributed by atoms with Crippen molar-refractivity contribution in [3.8, 4) is 17.2 Å². The van der Waals surface area contributed by atoms with Gasteiger partial charge >= 0.3 is 5.97 Å². The molecule has 3 rings (SSSR count). The van der Waals surface area contributed by atoms with Gasteiger partial charge in [0.15, 0.2) is 0 Å². The molecule has 0 heterocycles. The average molecular weight is 388 g/mol. The summed E-state index contributed by atoms with van der Waals surface area (Å²) in [4.78, 5) is 12.3. The van der Waals surface area contributed by atoms with Crippen molar-refractivity contribution in [2.75, 3.05) is 6.79 Å². The van der Waals surface area contributed by atoms with E-state index in [0.717, 1.165) is 23.1 Å². The molecule has 4 nitrogen and oxygen atoms in total. The largest absolute Gasteiger partial charge is 0.458 e. The second kappa shape index (κ2) is 9.60. The summed E-state index contributed by atoms with van der Waals surface area (Å²) < 4.78 is 16.8. The maximum Gasteiger partial charge on any atom is 0.339 e. The molecule has 0 spiro atoms. The number of hydrogen-bond acceptors (Lipinski definition) is 4. The van der Waals surface area contributed by atoms with Gasteiger partial charge in [0.05, 0.1) is 0 Å². The topological polar surface area (TPSA) is 44.8 Å². The molecule has 1 aliphatic carbocycles. The molecule has 0 fully saturated rings. The van der Waals surface area contributed by atoms with Crippen LogP contribution in [0.3, 0.4) is 0 Å². The molecule has 0 saturated carbocycles.